The number of amides is 1. The van der Waals surface area contributed by atoms with E-state index in [-0.39, 0.29) is 56.2 Å². The van der Waals surface area contributed by atoms with Gasteiger partial charge in [-0.15, -0.1) is 0 Å². The highest BCUT2D eigenvalue weighted by Gasteiger charge is 2.23. The molecule has 0 aliphatic rings. The van der Waals surface area contributed by atoms with Crippen molar-refractivity contribution in [2.45, 2.75) is 20.5 Å². The first-order chi connectivity index (χ1) is 18.5. The summed E-state index contributed by atoms with van der Waals surface area (Å²) in [7, 11) is 2.71. The van der Waals surface area contributed by atoms with E-state index in [9.17, 15) is 23.2 Å². The summed E-state index contributed by atoms with van der Waals surface area (Å²) >= 11 is 6.52. The number of fused-ring (bicyclic) bond motifs is 1. The van der Waals surface area contributed by atoms with Gasteiger partial charge >= 0.3 is 5.69 Å². The van der Waals surface area contributed by atoms with Gasteiger partial charge in [0, 0.05) is 26.1 Å². The second-order valence-corrected chi connectivity index (χ2v) is 8.59. The lowest BCUT2D eigenvalue weighted by Gasteiger charge is -2.17. The zero-order valence-electron chi connectivity index (χ0n) is 21.1. The summed E-state index contributed by atoms with van der Waals surface area (Å²) in [5, 5.41) is 2.39. The predicted octanol–water partition coefficient (Wildman–Crippen LogP) is 3.26. The van der Waals surface area contributed by atoms with Crippen molar-refractivity contribution in [1.29, 1.82) is 0 Å². The number of aromatic nitrogens is 4. The lowest BCUT2D eigenvalue weighted by atomic mass is 10.2. The summed E-state index contributed by atoms with van der Waals surface area (Å²) in [5.41, 5.74) is -0.651. The van der Waals surface area contributed by atoms with Gasteiger partial charge in [-0.25, -0.2) is 28.1 Å². The molecule has 2 aromatic carbocycles. The van der Waals surface area contributed by atoms with E-state index < -0.39 is 42.2 Å². The number of aromatic amines is 1. The molecule has 0 saturated carbocycles. The quantitative estimate of drug-likeness (QED) is 0.297. The molecule has 14 heteroatoms. The van der Waals surface area contributed by atoms with E-state index in [0.717, 1.165) is 10.6 Å². The number of Topliss-reactive ketones (excluding diaryl/α,β-unsaturated/α-hetero) is 1. The number of hydrogen-bond acceptors (Lipinski definition) is 8. The van der Waals surface area contributed by atoms with Crippen LogP contribution in [-0.4, -0.2) is 52.0 Å². The van der Waals surface area contributed by atoms with Gasteiger partial charge in [0.15, 0.2) is 41.2 Å². The number of carbonyl (C=O) groups excluding carboxylic acids is 2. The van der Waals surface area contributed by atoms with E-state index >= 15 is 0 Å². The van der Waals surface area contributed by atoms with Gasteiger partial charge in [-0.2, -0.15) is 0 Å². The van der Waals surface area contributed by atoms with E-state index in [2.05, 4.69) is 20.3 Å². The zero-order chi connectivity index (χ0) is 28.4. The molecule has 0 saturated heterocycles. The molecule has 0 radical (unpaired) electrons. The maximum absolute atomic E-state index is 14.6. The Morgan fingerprint density at radius 3 is 2.51 bits per heavy atom. The third kappa shape index (κ3) is 5.39. The molecule has 2 heterocycles. The van der Waals surface area contributed by atoms with Crippen molar-refractivity contribution in [2.75, 3.05) is 20.8 Å². The van der Waals surface area contributed by atoms with Gasteiger partial charge in [0.05, 0.1) is 23.4 Å². The van der Waals surface area contributed by atoms with Crippen molar-refractivity contribution >= 4 is 34.5 Å². The summed E-state index contributed by atoms with van der Waals surface area (Å²) in [6.07, 6.45) is 0. The average Bonchev–Trinajstić information content (AvgIpc) is 3.23. The van der Waals surface area contributed by atoms with Crippen molar-refractivity contribution in [2.24, 2.45) is 0 Å². The third-order valence-corrected chi connectivity index (χ3v) is 5.92. The molecule has 2 aromatic heterocycles. The standard InChI is InChI=1S/C25H22ClF2N5O6/c1-11(34)22-23-24(31-12(2)30-22)33(25(36)32-23)16-8-19(18(7-14(16)26)39-10-20(35)29-3)38-9-13-17(37-4)6-5-15(27)21(13)28/h5-8H,9-10H2,1-4H3,(H,29,35)(H,32,36). The number of imidazole rings is 1. The number of carbonyl (C=O) groups is 2. The summed E-state index contributed by atoms with van der Waals surface area (Å²) in [6.45, 7) is 1.93. The second-order valence-electron chi connectivity index (χ2n) is 8.18. The minimum absolute atomic E-state index is 0.00702. The van der Waals surface area contributed by atoms with Crippen LogP contribution in [0.15, 0.2) is 29.1 Å². The first-order valence-corrected chi connectivity index (χ1v) is 11.7. The van der Waals surface area contributed by atoms with Crippen LogP contribution in [0.2, 0.25) is 5.02 Å². The van der Waals surface area contributed by atoms with Crippen molar-refractivity contribution in [3.8, 4) is 22.9 Å². The number of methoxy groups -OCH3 is 1. The Labute approximate surface area is 224 Å². The van der Waals surface area contributed by atoms with Crippen molar-refractivity contribution < 1.29 is 32.6 Å². The molecule has 4 aromatic rings. The molecular formula is C25H22ClF2N5O6. The Balaban J connectivity index is 1.86. The number of ether oxygens (including phenoxy) is 3. The number of nitrogens with one attached hydrogen (secondary N) is 2. The topological polar surface area (TPSA) is 137 Å². The minimum atomic E-state index is -1.17. The largest absolute Gasteiger partial charge is 0.496 e. The monoisotopic (exact) mass is 561 g/mol. The van der Waals surface area contributed by atoms with Crippen molar-refractivity contribution in [3.63, 3.8) is 0 Å². The van der Waals surface area contributed by atoms with Crippen LogP contribution in [-0.2, 0) is 11.4 Å². The molecule has 0 aliphatic heterocycles. The van der Waals surface area contributed by atoms with Gasteiger partial charge < -0.3 is 24.5 Å². The molecule has 204 valence electrons. The van der Waals surface area contributed by atoms with Gasteiger partial charge in [0.1, 0.15) is 29.4 Å². The molecule has 2 N–H and O–H groups in total. The third-order valence-electron chi connectivity index (χ3n) is 5.62. The van der Waals surface area contributed by atoms with Gasteiger partial charge in [-0.3, -0.25) is 9.59 Å². The number of benzene rings is 2. The minimum Gasteiger partial charge on any atom is -0.496 e. The average molecular weight is 562 g/mol. The smallest absolute Gasteiger partial charge is 0.332 e. The van der Waals surface area contributed by atoms with E-state index in [4.69, 9.17) is 25.8 Å². The number of nitrogens with zero attached hydrogens (tertiary/aromatic N) is 3. The number of aryl methyl sites for hydroxylation is 1. The van der Waals surface area contributed by atoms with Crippen LogP contribution >= 0.6 is 11.6 Å². The number of rotatable bonds is 9. The van der Waals surface area contributed by atoms with Gasteiger partial charge in [0.25, 0.3) is 5.91 Å². The van der Waals surface area contributed by atoms with E-state index in [0.29, 0.717) is 0 Å². The molecule has 11 nitrogen and oxygen atoms in total. The van der Waals surface area contributed by atoms with Crippen LogP contribution < -0.4 is 25.2 Å². The van der Waals surface area contributed by atoms with Gasteiger partial charge in [0.2, 0.25) is 0 Å². The lowest BCUT2D eigenvalue weighted by Crippen LogP contribution is -2.25. The Bertz CT molecular complexity index is 1670. The molecule has 4 rings (SSSR count). The molecule has 1 amide bonds. The second kappa shape index (κ2) is 11.1. The van der Waals surface area contributed by atoms with Crippen LogP contribution in [0.1, 0.15) is 28.8 Å². The molecule has 0 unspecified atom stereocenters. The highest BCUT2D eigenvalue weighted by Crippen LogP contribution is 2.37. The van der Waals surface area contributed by atoms with E-state index in [1.165, 1.54) is 39.3 Å². The molecule has 0 spiro atoms. The van der Waals surface area contributed by atoms with Crippen LogP contribution in [0.3, 0.4) is 0 Å². The molecule has 39 heavy (non-hydrogen) atoms. The highest BCUT2D eigenvalue weighted by atomic mass is 35.5. The van der Waals surface area contributed by atoms with Crippen molar-refractivity contribution in [3.05, 3.63) is 68.5 Å². The van der Waals surface area contributed by atoms with Crippen LogP contribution in [0.5, 0.6) is 17.2 Å². The molecule has 0 bridgehead atoms. The number of hydrogen-bond donors (Lipinski definition) is 2. The highest BCUT2D eigenvalue weighted by molar-refractivity contribution is 6.32. The molecule has 0 fully saturated rings. The first-order valence-electron chi connectivity index (χ1n) is 11.4. The zero-order valence-corrected chi connectivity index (χ0v) is 21.9. The molecule has 0 aliphatic carbocycles. The SMILES string of the molecule is CNC(=O)COc1cc(Cl)c(-n2c(=O)[nH]c3c(C(C)=O)nc(C)nc32)cc1OCc1c(OC)ccc(F)c1F. The molecular weight excluding hydrogens is 540 g/mol. The summed E-state index contributed by atoms with van der Waals surface area (Å²) in [5.74, 6) is -2.96. The fourth-order valence-corrected chi connectivity index (χ4v) is 4.00. The maximum Gasteiger partial charge on any atom is 0.332 e. The Kier molecular flexibility index (Phi) is 7.81. The summed E-state index contributed by atoms with van der Waals surface area (Å²) < 4.78 is 46.0. The Morgan fingerprint density at radius 2 is 1.85 bits per heavy atom. The van der Waals surface area contributed by atoms with Crippen LogP contribution in [0.4, 0.5) is 8.78 Å². The predicted molar refractivity (Wildman–Crippen MR) is 136 cm³/mol. The van der Waals surface area contributed by atoms with E-state index in [1.807, 2.05) is 0 Å². The normalized spacial score (nSPS) is 10.9. The lowest BCUT2D eigenvalue weighted by molar-refractivity contribution is -0.122. The number of H-pyrrole nitrogens is 1. The summed E-state index contributed by atoms with van der Waals surface area (Å²) in [4.78, 5) is 47.9. The van der Waals surface area contributed by atoms with Crippen LogP contribution in [0.25, 0.3) is 16.9 Å². The number of halogens is 3. The molecule has 0 atom stereocenters. The Hall–Kier alpha value is -4.52. The maximum atomic E-state index is 14.6. The fourth-order valence-electron chi connectivity index (χ4n) is 3.76. The van der Waals surface area contributed by atoms with Crippen LogP contribution in [0, 0.1) is 18.6 Å². The van der Waals surface area contributed by atoms with Gasteiger partial charge in [-0.1, -0.05) is 11.6 Å². The number of ketones is 1. The number of likely N-dealkylation sites (N-methyl/N-ethyl adjacent to an activating group) is 1. The first kappa shape index (κ1) is 27.5. The van der Waals surface area contributed by atoms with E-state index in [1.54, 1.807) is 6.92 Å². The fraction of sp³-hybridized carbons (Fsp3) is 0.240. The van der Waals surface area contributed by atoms with Gasteiger partial charge in [-0.05, 0) is 19.1 Å². The Morgan fingerprint density at radius 1 is 1.13 bits per heavy atom. The summed E-state index contributed by atoms with van der Waals surface area (Å²) in [6, 6.07) is 4.76. The van der Waals surface area contributed by atoms with Crippen molar-refractivity contribution in [1.82, 2.24) is 24.8 Å².